The van der Waals surface area contributed by atoms with Crippen LogP contribution in [0.15, 0.2) is 48.8 Å². The van der Waals surface area contributed by atoms with Crippen molar-refractivity contribution in [2.45, 2.75) is 0 Å². The smallest absolute Gasteiger partial charge is 0.255 e. The first-order valence-electron chi connectivity index (χ1n) is 4.36. The van der Waals surface area contributed by atoms with E-state index in [0.717, 1.165) is 0 Å². The highest BCUT2D eigenvalue weighted by Gasteiger charge is 2.17. The summed E-state index contributed by atoms with van der Waals surface area (Å²) in [6, 6.07) is 0. The van der Waals surface area contributed by atoms with E-state index in [2.05, 4.69) is 18.5 Å². The molecule has 0 radical (unpaired) electrons. The van der Waals surface area contributed by atoms with Gasteiger partial charge in [-0.15, -0.1) is 0 Å². The summed E-state index contributed by atoms with van der Waals surface area (Å²) >= 11 is 0. The number of hydrogen-bond donors (Lipinski definition) is 1. The van der Waals surface area contributed by atoms with Crippen molar-refractivity contribution in [2.24, 2.45) is 0 Å². The van der Waals surface area contributed by atoms with Crippen molar-refractivity contribution in [1.82, 2.24) is 5.32 Å². The number of allylic oxidation sites excluding steroid dienone is 4. The average Bonchev–Trinajstić information content (AvgIpc) is 2.33. The molecule has 1 N–H and O–H groups in total. The van der Waals surface area contributed by atoms with Crippen LogP contribution in [0.1, 0.15) is 0 Å². The highest BCUT2D eigenvalue weighted by atomic mass is 16.5. The molecule has 74 valence electrons. The standard InChI is InChI=1S/C11H13NO2/c1-3-5-9-10(6-4-2)14-8-7-12-11(9)13/h3-6H,1-2,7-8H2,(H,12,13)/b9-5+,10-6+. The SMILES string of the molecule is C=C/C=C1/OCCNC(=O)/C1=C/C=C. The molecule has 0 unspecified atom stereocenters. The lowest BCUT2D eigenvalue weighted by Gasteiger charge is -2.05. The molecule has 3 nitrogen and oxygen atoms in total. The predicted molar refractivity (Wildman–Crippen MR) is 55.5 cm³/mol. The topological polar surface area (TPSA) is 38.3 Å². The molecular formula is C11H13NO2. The van der Waals surface area contributed by atoms with E-state index < -0.39 is 0 Å². The third-order valence-corrected chi connectivity index (χ3v) is 1.71. The van der Waals surface area contributed by atoms with Crippen molar-refractivity contribution in [3.63, 3.8) is 0 Å². The van der Waals surface area contributed by atoms with Gasteiger partial charge in [-0.2, -0.15) is 0 Å². The summed E-state index contributed by atoms with van der Waals surface area (Å²) in [7, 11) is 0. The maximum Gasteiger partial charge on any atom is 0.255 e. The third-order valence-electron chi connectivity index (χ3n) is 1.71. The fraction of sp³-hybridized carbons (Fsp3) is 0.182. The van der Waals surface area contributed by atoms with E-state index >= 15 is 0 Å². The number of carbonyl (C=O) groups is 1. The van der Waals surface area contributed by atoms with Crippen LogP contribution in [-0.4, -0.2) is 19.1 Å². The van der Waals surface area contributed by atoms with Crippen LogP contribution >= 0.6 is 0 Å². The second-order valence-electron chi connectivity index (χ2n) is 2.69. The van der Waals surface area contributed by atoms with Crippen molar-refractivity contribution in [2.75, 3.05) is 13.2 Å². The van der Waals surface area contributed by atoms with Crippen LogP contribution in [0.4, 0.5) is 0 Å². The Kier molecular flexibility index (Phi) is 3.73. The molecule has 0 aromatic carbocycles. The fourth-order valence-electron chi connectivity index (χ4n) is 1.13. The van der Waals surface area contributed by atoms with Gasteiger partial charge in [0.2, 0.25) is 0 Å². The molecule has 0 aliphatic carbocycles. The molecule has 0 aromatic rings. The van der Waals surface area contributed by atoms with E-state index in [0.29, 0.717) is 24.5 Å². The maximum absolute atomic E-state index is 11.5. The Balaban J connectivity index is 3.04. The van der Waals surface area contributed by atoms with E-state index in [9.17, 15) is 4.79 Å². The second-order valence-corrected chi connectivity index (χ2v) is 2.69. The lowest BCUT2D eigenvalue weighted by molar-refractivity contribution is -0.117. The minimum absolute atomic E-state index is 0.143. The van der Waals surface area contributed by atoms with Gasteiger partial charge < -0.3 is 10.1 Å². The fourth-order valence-corrected chi connectivity index (χ4v) is 1.13. The molecule has 0 saturated carbocycles. The van der Waals surface area contributed by atoms with Gasteiger partial charge >= 0.3 is 0 Å². The van der Waals surface area contributed by atoms with Crippen LogP contribution in [0.2, 0.25) is 0 Å². The molecule has 0 aromatic heterocycles. The molecule has 1 heterocycles. The van der Waals surface area contributed by atoms with Crippen molar-refractivity contribution in [3.8, 4) is 0 Å². The van der Waals surface area contributed by atoms with Crippen molar-refractivity contribution < 1.29 is 9.53 Å². The monoisotopic (exact) mass is 191 g/mol. The zero-order valence-electron chi connectivity index (χ0n) is 7.95. The van der Waals surface area contributed by atoms with E-state index in [-0.39, 0.29) is 5.91 Å². The van der Waals surface area contributed by atoms with Gasteiger partial charge in [-0.05, 0) is 12.2 Å². The molecule has 0 atom stereocenters. The molecule has 1 saturated heterocycles. The van der Waals surface area contributed by atoms with Crippen LogP contribution in [0.3, 0.4) is 0 Å². The second kappa shape index (κ2) is 5.07. The van der Waals surface area contributed by atoms with Crippen molar-refractivity contribution >= 4 is 5.91 Å². The highest BCUT2D eigenvalue weighted by Crippen LogP contribution is 2.14. The minimum Gasteiger partial charge on any atom is -0.491 e. The molecule has 1 fully saturated rings. The van der Waals surface area contributed by atoms with Crippen molar-refractivity contribution in [1.29, 1.82) is 0 Å². The summed E-state index contributed by atoms with van der Waals surface area (Å²) in [5.41, 5.74) is 0.484. The molecule has 0 bridgehead atoms. The van der Waals surface area contributed by atoms with Gasteiger partial charge in [0.15, 0.2) is 0 Å². The number of ether oxygens (including phenoxy) is 1. The van der Waals surface area contributed by atoms with Crippen LogP contribution in [0, 0.1) is 0 Å². The van der Waals surface area contributed by atoms with Crippen LogP contribution in [-0.2, 0) is 9.53 Å². The Morgan fingerprint density at radius 3 is 2.64 bits per heavy atom. The molecule has 1 amide bonds. The van der Waals surface area contributed by atoms with Gasteiger partial charge in [0.05, 0.1) is 12.1 Å². The van der Waals surface area contributed by atoms with Crippen LogP contribution in [0.5, 0.6) is 0 Å². The molecule has 1 rings (SSSR count). The van der Waals surface area contributed by atoms with Gasteiger partial charge in [0.25, 0.3) is 5.91 Å². The zero-order chi connectivity index (χ0) is 10.4. The van der Waals surface area contributed by atoms with Gasteiger partial charge in [-0.1, -0.05) is 25.3 Å². The Morgan fingerprint density at radius 1 is 1.29 bits per heavy atom. The maximum atomic E-state index is 11.5. The molecular weight excluding hydrogens is 178 g/mol. The predicted octanol–water partition coefficient (Wildman–Crippen LogP) is 1.32. The van der Waals surface area contributed by atoms with Gasteiger partial charge in [-0.25, -0.2) is 0 Å². The molecule has 1 aliphatic heterocycles. The van der Waals surface area contributed by atoms with E-state index in [1.165, 1.54) is 0 Å². The third kappa shape index (κ3) is 2.36. The number of amides is 1. The summed E-state index contributed by atoms with van der Waals surface area (Å²) in [6.07, 6.45) is 6.43. The zero-order valence-corrected chi connectivity index (χ0v) is 7.95. The summed E-state index contributed by atoms with van der Waals surface area (Å²) in [4.78, 5) is 11.5. The first-order chi connectivity index (χ1) is 6.79. The summed E-state index contributed by atoms with van der Waals surface area (Å²) < 4.78 is 5.37. The van der Waals surface area contributed by atoms with Gasteiger partial charge in [0, 0.05) is 0 Å². The van der Waals surface area contributed by atoms with Crippen LogP contribution in [0.25, 0.3) is 0 Å². The molecule has 3 heteroatoms. The summed E-state index contributed by atoms with van der Waals surface area (Å²) in [5.74, 6) is 0.394. The Labute approximate surface area is 83.4 Å². The lowest BCUT2D eigenvalue weighted by atomic mass is 10.2. The van der Waals surface area contributed by atoms with Gasteiger partial charge in [0.1, 0.15) is 12.4 Å². The normalized spacial score (nSPS) is 22.4. The van der Waals surface area contributed by atoms with Gasteiger partial charge in [-0.3, -0.25) is 4.79 Å². The number of carbonyl (C=O) groups excluding carboxylic acids is 1. The van der Waals surface area contributed by atoms with Crippen LogP contribution < -0.4 is 5.32 Å². The first-order valence-corrected chi connectivity index (χ1v) is 4.36. The summed E-state index contributed by atoms with van der Waals surface area (Å²) in [5, 5.41) is 2.71. The highest BCUT2D eigenvalue weighted by molar-refractivity contribution is 5.97. The Hall–Kier alpha value is -1.77. The molecule has 1 aliphatic rings. The summed E-state index contributed by atoms with van der Waals surface area (Å²) in [6.45, 7) is 8.10. The largest absolute Gasteiger partial charge is 0.491 e. The lowest BCUT2D eigenvalue weighted by Crippen LogP contribution is -2.24. The van der Waals surface area contributed by atoms with E-state index in [4.69, 9.17) is 4.74 Å². The average molecular weight is 191 g/mol. The first kappa shape index (κ1) is 10.3. The number of hydrogen-bond acceptors (Lipinski definition) is 2. The Bertz CT molecular complexity index is 313. The number of rotatable bonds is 2. The minimum atomic E-state index is -0.143. The molecule has 14 heavy (non-hydrogen) atoms. The van der Waals surface area contributed by atoms with E-state index in [1.807, 2.05) is 0 Å². The number of nitrogens with one attached hydrogen (secondary N) is 1. The van der Waals surface area contributed by atoms with Crippen molar-refractivity contribution in [3.05, 3.63) is 48.8 Å². The molecule has 0 spiro atoms. The van der Waals surface area contributed by atoms with E-state index in [1.54, 1.807) is 24.3 Å². The Morgan fingerprint density at radius 2 is 2.00 bits per heavy atom. The quantitative estimate of drug-likeness (QED) is 0.668.